The fourth-order valence-electron chi connectivity index (χ4n) is 2.26. The van der Waals surface area contributed by atoms with E-state index in [9.17, 15) is 9.59 Å². The van der Waals surface area contributed by atoms with Crippen LogP contribution < -0.4 is 10.4 Å². The SMILES string of the molecule is Cc1ccc(-c2cc3ccc(OCC(=O)O)cc3oc2=O)cc1. The topological polar surface area (TPSA) is 76.7 Å². The predicted molar refractivity (Wildman–Crippen MR) is 85.8 cm³/mol. The standard InChI is InChI=1S/C18H14O5/c1-11-2-4-12(5-3-11)15-8-13-6-7-14(22-10-17(19)20)9-16(13)23-18(15)21/h2-9H,10H2,1H3,(H,19,20). The van der Waals surface area contributed by atoms with Gasteiger partial charge in [0.1, 0.15) is 11.3 Å². The second-order valence-corrected chi connectivity index (χ2v) is 5.20. The van der Waals surface area contributed by atoms with Gasteiger partial charge in [-0.1, -0.05) is 29.8 Å². The van der Waals surface area contributed by atoms with Crippen molar-refractivity contribution >= 4 is 16.9 Å². The lowest BCUT2D eigenvalue weighted by molar-refractivity contribution is -0.139. The third-order valence-corrected chi connectivity index (χ3v) is 3.43. The molecule has 0 radical (unpaired) electrons. The van der Waals surface area contributed by atoms with Gasteiger partial charge in [0.15, 0.2) is 6.61 Å². The first-order valence-electron chi connectivity index (χ1n) is 7.02. The van der Waals surface area contributed by atoms with E-state index in [0.29, 0.717) is 16.9 Å². The van der Waals surface area contributed by atoms with Crippen LogP contribution in [0.2, 0.25) is 0 Å². The highest BCUT2D eigenvalue weighted by Gasteiger charge is 2.09. The summed E-state index contributed by atoms with van der Waals surface area (Å²) in [6, 6.07) is 14.3. The Morgan fingerprint density at radius 2 is 1.87 bits per heavy atom. The van der Waals surface area contributed by atoms with Crippen LogP contribution in [-0.2, 0) is 4.79 Å². The van der Waals surface area contributed by atoms with Crippen molar-refractivity contribution in [3.05, 3.63) is 64.5 Å². The van der Waals surface area contributed by atoms with Crippen LogP contribution >= 0.6 is 0 Å². The van der Waals surface area contributed by atoms with Crippen molar-refractivity contribution in [2.24, 2.45) is 0 Å². The lowest BCUT2D eigenvalue weighted by Gasteiger charge is -2.06. The van der Waals surface area contributed by atoms with Crippen LogP contribution in [0.15, 0.2) is 57.7 Å². The van der Waals surface area contributed by atoms with Gasteiger partial charge in [0, 0.05) is 11.5 Å². The largest absolute Gasteiger partial charge is 0.482 e. The molecule has 0 saturated carbocycles. The Morgan fingerprint density at radius 3 is 2.57 bits per heavy atom. The van der Waals surface area contributed by atoms with E-state index in [2.05, 4.69) is 0 Å². The van der Waals surface area contributed by atoms with Crippen LogP contribution in [0.1, 0.15) is 5.56 Å². The van der Waals surface area contributed by atoms with Gasteiger partial charge in [0.2, 0.25) is 0 Å². The van der Waals surface area contributed by atoms with Crippen molar-refractivity contribution in [2.45, 2.75) is 6.92 Å². The monoisotopic (exact) mass is 310 g/mol. The van der Waals surface area contributed by atoms with Gasteiger partial charge < -0.3 is 14.3 Å². The van der Waals surface area contributed by atoms with E-state index in [1.807, 2.05) is 31.2 Å². The van der Waals surface area contributed by atoms with Gasteiger partial charge >= 0.3 is 11.6 Å². The Labute approximate surface area is 131 Å². The van der Waals surface area contributed by atoms with E-state index in [-0.39, 0.29) is 0 Å². The molecule has 2 aromatic carbocycles. The summed E-state index contributed by atoms with van der Waals surface area (Å²) in [6.07, 6.45) is 0. The van der Waals surface area contributed by atoms with E-state index >= 15 is 0 Å². The lowest BCUT2D eigenvalue weighted by Crippen LogP contribution is -2.09. The maximum atomic E-state index is 12.2. The number of rotatable bonds is 4. The zero-order valence-electron chi connectivity index (χ0n) is 12.4. The number of hydrogen-bond acceptors (Lipinski definition) is 4. The molecule has 5 nitrogen and oxygen atoms in total. The van der Waals surface area contributed by atoms with Crippen molar-refractivity contribution in [1.29, 1.82) is 0 Å². The highest BCUT2D eigenvalue weighted by atomic mass is 16.5. The normalized spacial score (nSPS) is 10.7. The van der Waals surface area contributed by atoms with Gasteiger partial charge in [-0.15, -0.1) is 0 Å². The van der Waals surface area contributed by atoms with E-state index in [4.69, 9.17) is 14.3 Å². The van der Waals surface area contributed by atoms with E-state index in [0.717, 1.165) is 16.5 Å². The summed E-state index contributed by atoms with van der Waals surface area (Å²) >= 11 is 0. The van der Waals surface area contributed by atoms with Crippen LogP contribution in [0.25, 0.3) is 22.1 Å². The summed E-state index contributed by atoms with van der Waals surface area (Å²) in [5, 5.41) is 9.35. The van der Waals surface area contributed by atoms with Crippen molar-refractivity contribution in [3.63, 3.8) is 0 Å². The first-order chi connectivity index (χ1) is 11.0. The van der Waals surface area contributed by atoms with Crippen molar-refractivity contribution in [3.8, 4) is 16.9 Å². The molecule has 23 heavy (non-hydrogen) atoms. The molecule has 0 unspecified atom stereocenters. The maximum absolute atomic E-state index is 12.2. The number of fused-ring (bicyclic) bond motifs is 1. The summed E-state index contributed by atoms with van der Waals surface area (Å²) in [6.45, 7) is 1.53. The molecule has 0 spiro atoms. The van der Waals surface area contributed by atoms with E-state index in [1.165, 1.54) is 6.07 Å². The molecule has 3 aromatic rings. The molecule has 0 fully saturated rings. The van der Waals surface area contributed by atoms with Gasteiger partial charge in [-0.2, -0.15) is 0 Å². The molecule has 0 aliphatic heterocycles. The fourth-order valence-corrected chi connectivity index (χ4v) is 2.26. The minimum atomic E-state index is -1.07. The minimum absolute atomic E-state index is 0.339. The van der Waals surface area contributed by atoms with Gasteiger partial charge in [0.25, 0.3) is 0 Å². The molecule has 1 N–H and O–H groups in total. The highest BCUT2D eigenvalue weighted by Crippen LogP contribution is 2.24. The first kappa shape index (κ1) is 14.8. The molecule has 0 aliphatic rings. The summed E-state index contributed by atoms with van der Waals surface area (Å²) < 4.78 is 10.4. The minimum Gasteiger partial charge on any atom is -0.482 e. The summed E-state index contributed by atoms with van der Waals surface area (Å²) in [4.78, 5) is 22.7. The number of aryl methyl sites for hydroxylation is 1. The van der Waals surface area contributed by atoms with Gasteiger partial charge in [0.05, 0.1) is 5.56 Å². The zero-order valence-corrected chi connectivity index (χ0v) is 12.4. The lowest BCUT2D eigenvalue weighted by atomic mass is 10.0. The predicted octanol–water partition coefficient (Wildman–Crippen LogP) is 3.23. The average Bonchev–Trinajstić information content (AvgIpc) is 2.53. The number of aliphatic carboxylic acids is 1. The molecule has 5 heteroatoms. The summed E-state index contributed by atoms with van der Waals surface area (Å²) in [5.41, 5.74) is 2.29. The second-order valence-electron chi connectivity index (χ2n) is 5.20. The number of carbonyl (C=O) groups is 1. The maximum Gasteiger partial charge on any atom is 0.344 e. The molecule has 1 heterocycles. The Morgan fingerprint density at radius 1 is 1.13 bits per heavy atom. The molecule has 0 saturated heterocycles. The second kappa shape index (κ2) is 5.96. The quantitative estimate of drug-likeness (QED) is 0.749. The third kappa shape index (κ3) is 3.23. The van der Waals surface area contributed by atoms with Crippen LogP contribution in [0.5, 0.6) is 5.75 Å². The molecule has 0 atom stereocenters. The third-order valence-electron chi connectivity index (χ3n) is 3.43. The van der Waals surface area contributed by atoms with E-state index < -0.39 is 18.2 Å². The number of hydrogen-bond donors (Lipinski definition) is 1. The molecule has 116 valence electrons. The molecule has 3 rings (SSSR count). The van der Waals surface area contributed by atoms with Crippen LogP contribution in [0.3, 0.4) is 0 Å². The summed E-state index contributed by atoms with van der Waals surface area (Å²) in [5.74, 6) is -0.729. The molecular weight excluding hydrogens is 296 g/mol. The van der Waals surface area contributed by atoms with Gasteiger partial charge in [-0.05, 0) is 30.7 Å². The number of benzene rings is 2. The smallest absolute Gasteiger partial charge is 0.344 e. The molecule has 0 amide bonds. The molecule has 1 aromatic heterocycles. The van der Waals surface area contributed by atoms with Crippen LogP contribution in [0, 0.1) is 6.92 Å². The van der Waals surface area contributed by atoms with Gasteiger partial charge in [-0.3, -0.25) is 0 Å². The van der Waals surface area contributed by atoms with Crippen molar-refractivity contribution in [2.75, 3.05) is 6.61 Å². The first-order valence-corrected chi connectivity index (χ1v) is 7.02. The number of ether oxygens (including phenoxy) is 1. The Balaban J connectivity index is 2.02. The Bertz CT molecular complexity index is 922. The summed E-state index contributed by atoms with van der Waals surface area (Å²) in [7, 11) is 0. The zero-order chi connectivity index (χ0) is 16.4. The average molecular weight is 310 g/mol. The van der Waals surface area contributed by atoms with E-state index in [1.54, 1.807) is 18.2 Å². The van der Waals surface area contributed by atoms with Crippen LogP contribution in [0.4, 0.5) is 0 Å². The highest BCUT2D eigenvalue weighted by molar-refractivity contribution is 5.82. The fraction of sp³-hybridized carbons (Fsp3) is 0.111. The number of carboxylic acids is 1. The number of carboxylic acid groups (broad SMARTS) is 1. The van der Waals surface area contributed by atoms with Crippen LogP contribution in [-0.4, -0.2) is 17.7 Å². The molecule has 0 bridgehead atoms. The molecular formula is C18H14O5. The van der Waals surface area contributed by atoms with Gasteiger partial charge in [-0.25, -0.2) is 9.59 Å². The molecule has 0 aliphatic carbocycles. The van der Waals surface area contributed by atoms with Crippen molar-refractivity contribution in [1.82, 2.24) is 0 Å². The van der Waals surface area contributed by atoms with Crippen molar-refractivity contribution < 1.29 is 19.1 Å². The Hall–Kier alpha value is -3.08. The Kier molecular flexibility index (Phi) is 3.85.